The van der Waals surface area contributed by atoms with Crippen LogP contribution in [0.1, 0.15) is 12.8 Å². The third-order valence-electron chi connectivity index (χ3n) is 0.781. The molecule has 0 radical (unpaired) electrons. The lowest BCUT2D eigenvalue weighted by molar-refractivity contribution is 0.621. The summed E-state index contributed by atoms with van der Waals surface area (Å²) in [6.07, 6.45) is 1.94. The Morgan fingerprint density at radius 3 is 2.25 bits per heavy atom. The van der Waals surface area contributed by atoms with E-state index in [2.05, 4.69) is 0 Å². The molecule has 0 amide bonds. The number of nitrogens with zero attached hydrogens (tertiary/aromatic N) is 1. The molecule has 0 saturated carbocycles. The molecule has 0 aromatic heterocycles. The molecule has 0 spiro atoms. The van der Waals surface area contributed by atoms with E-state index >= 15 is 0 Å². The molecule has 0 aliphatic rings. The molecule has 0 saturated heterocycles. The largest absolute Gasteiger partial charge is 0.330 e. The van der Waals surface area contributed by atoms with Crippen LogP contribution in [0.5, 0.6) is 0 Å². The smallest absolute Gasteiger partial charge is 0.0304 e. The molecule has 0 aromatic carbocycles. The lowest BCUT2D eigenvalue weighted by atomic mass is 10.3. The van der Waals surface area contributed by atoms with E-state index in [1.54, 1.807) is 0 Å². The van der Waals surface area contributed by atoms with Crippen LogP contribution in [-0.4, -0.2) is 17.0 Å². The van der Waals surface area contributed by atoms with Gasteiger partial charge < -0.3 is 5.73 Å². The minimum Gasteiger partial charge on any atom is -0.330 e. The van der Waals surface area contributed by atoms with Crippen molar-refractivity contribution in [2.45, 2.75) is 12.8 Å². The fourth-order valence-corrected chi connectivity index (χ4v) is 0.615. The molecule has 0 aromatic rings. The first kappa shape index (κ1) is 8.50. The Kier molecular flexibility index (Phi) is 5.99. The number of hydrogen-bond acceptors (Lipinski definition) is 2. The highest BCUT2D eigenvalue weighted by Crippen LogP contribution is 2.00. The zero-order valence-electron chi connectivity index (χ0n) is 4.61. The summed E-state index contributed by atoms with van der Waals surface area (Å²) in [7, 11) is 0. The molecule has 0 unspecified atom stereocenters. The van der Waals surface area contributed by atoms with Crippen molar-refractivity contribution in [2.24, 2.45) is 5.73 Å². The predicted molar refractivity (Wildman–Crippen MR) is 36.7 cm³/mol. The van der Waals surface area contributed by atoms with Gasteiger partial charge in [-0.1, -0.05) is 0 Å². The molecular weight excluding hydrogens is 147 g/mol. The SMILES string of the molecule is NCCCCN(Cl)Cl. The molecule has 4 heteroatoms. The van der Waals surface area contributed by atoms with Crippen molar-refractivity contribution in [3.05, 3.63) is 0 Å². The van der Waals surface area contributed by atoms with E-state index < -0.39 is 0 Å². The van der Waals surface area contributed by atoms with Crippen LogP contribution in [0, 0.1) is 0 Å². The number of nitrogens with two attached hydrogens (primary N) is 1. The Balaban J connectivity index is 2.72. The molecule has 0 fully saturated rings. The average molecular weight is 157 g/mol. The summed E-state index contributed by atoms with van der Waals surface area (Å²) in [6, 6.07) is 0. The van der Waals surface area contributed by atoms with Crippen LogP contribution in [0.3, 0.4) is 0 Å². The van der Waals surface area contributed by atoms with E-state index in [0.717, 1.165) is 16.8 Å². The number of hydrogen-bond donors (Lipinski definition) is 1. The van der Waals surface area contributed by atoms with Crippen molar-refractivity contribution in [3.8, 4) is 0 Å². The first-order chi connectivity index (χ1) is 3.77. The van der Waals surface area contributed by atoms with Crippen molar-refractivity contribution in [2.75, 3.05) is 13.1 Å². The van der Waals surface area contributed by atoms with Crippen LogP contribution >= 0.6 is 23.6 Å². The molecular formula is C4H10Cl2N2. The standard InChI is InChI=1S/C4H10Cl2N2/c5-8(6)4-2-1-3-7/h1-4,7H2. The summed E-state index contributed by atoms with van der Waals surface area (Å²) >= 11 is 10.5. The Bertz CT molecular complexity index is 49.3. The van der Waals surface area contributed by atoms with Crippen molar-refractivity contribution in [3.63, 3.8) is 0 Å². The van der Waals surface area contributed by atoms with Gasteiger partial charge in [0.05, 0.1) is 0 Å². The number of unbranched alkanes of at least 4 members (excludes halogenated alkanes) is 1. The first-order valence-electron chi connectivity index (χ1n) is 2.56. The van der Waals surface area contributed by atoms with Crippen LogP contribution in [0.25, 0.3) is 0 Å². The van der Waals surface area contributed by atoms with E-state index in [-0.39, 0.29) is 0 Å². The molecule has 0 rings (SSSR count). The molecule has 2 nitrogen and oxygen atoms in total. The van der Waals surface area contributed by atoms with Crippen LogP contribution < -0.4 is 5.73 Å². The summed E-state index contributed by atoms with van der Waals surface area (Å²) in [4.78, 5) is 0. The molecule has 0 aliphatic carbocycles. The fraction of sp³-hybridized carbons (Fsp3) is 1.00. The zero-order chi connectivity index (χ0) is 6.41. The summed E-state index contributed by atoms with van der Waals surface area (Å²) in [5, 5.41) is 0. The van der Waals surface area contributed by atoms with Gasteiger partial charge in [0.2, 0.25) is 0 Å². The van der Waals surface area contributed by atoms with Gasteiger partial charge >= 0.3 is 0 Å². The fourth-order valence-electron chi connectivity index (χ4n) is 0.376. The van der Waals surface area contributed by atoms with Gasteiger partial charge in [-0.05, 0) is 42.9 Å². The van der Waals surface area contributed by atoms with Crippen molar-refractivity contribution in [1.29, 1.82) is 0 Å². The molecule has 0 atom stereocenters. The maximum atomic E-state index is 5.27. The monoisotopic (exact) mass is 156 g/mol. The summed E-state index contributed by atoms with van der Waals surface area (Å²) in [5.74, 6) is 0. The van der Waals surface area contributed by atoms with E-state index in [9.17, 15) is 0 Å². The van der Waals surface area contributed by atoms with E-state index in [1.165, 1.54) is 0 Å². The first-order valence-corrected chi connectivity index (χ1v) is 3.24. The predicted octanol–water partition coefficient (Wildman–Crippen LogP) is 1.33. The van der Waals surface area contributed by atoms with Gasteiger partial charge in [0.25, 0.3) is 0 Å². The lowest BCUT2D eigenvalue weighted by Gasteiger charge is -2.00. The molecule has 8 heavy (non-hydrogen) atoms. The van der Waals surface area contributed by atoms with E-state index in [1.807, 2.05) is 0 Å². The van der Waals surface area contributed by atoms with Crippen molar-refractivity contribution in [1.82, 2.24) is 3.94 Å². The quantitative estimate of drug-likeness (QED) is 0.492. The Morgan fingerprint density at radius 1 is 1.25 bits per heavy atom. The molecule has 50 valence electrons. The third-order valence-corrected chi connectivity index (χ3v) is 1.12. The normalized spacial score (nSPS) is 10.5. The number of halogens is 2. The van der Waals surface area contributed by atoms with Crippen LogP contribution in [-0.2, 0) is 0 Å². The summed E-state index contributed by atoms with van der Waals surface area (Å²) in [6.45, 7) is 1.40. The highest BCUT2D eigenvalue weighted by molar-refractivity contribution is 6.33. The van der Waals surface area contributed by atoms with Gasteiger partial charge in [0.1, 0.15) is 0 Å². The second-order valence-electron chi connectivity index (χ2n) is 1.52. The molecule has 0 bridgehead atoms. The maximum absolute atomic E-state index is 5.27. The van der Waals surface area contributed by atoms with Gasteiger partial charge in [-0.3, -0.25) is 0 Å². The summed E-state index contributed by atoms with van der Waals surface area (Å²) < 4.78 is 1.12. The van der Waals surface area contributed by atoms with Crippen LogP contribution in [0.4, 0.5) is 0 Å². The second kappa shape index (κ2) is 5.63. The van der Waals surface area contributed by atoms with E-state index in [4.69, 9.17) is 29.3 Å². The van der Waals surface area contributed by atoms with Gasteiger partial charge in [0, 0.05) is 6.54 Å². The average Bonchev–Trinajstić information content (AvgIpc) is 1.66. The van der Waals surface area contributed by atoms with Gasteiger partial charge in [0.15, 0.2) is 0 Å². The second-order valence-corrected chi connectivity index (χ2v) is 2.51. The highest BCUT2D eigenvalue weighted by Gasteiger charge is 1.91. The molecule has 2 N–H and O–H groups in total. The maximum Gasteiger partial charge on any atom is 0.0304 e. The van der Waals surface area contributed by atoms with Gasteiger partial charge in [-0.15, -0.1) is 3.94 Å². The lowest BCUT2D eigenvalue weighted by Crippen LogP contribution is -2.04. The minimum atomic E-state index is 0.695. The van der Waals surface area contributed by atoms with Gasteiger partial charge in [-0.25, -0.2) is 0 Å². The number of rotatable bonds is 4. The van der Waals surface area contributed by atoms with E-state index in [0.29, 0.717) is 13.1 Å². The highest BCUT2D eigenvalue weighted by atomic mass is 35.5. The summed E-state index contributed by atoms with van der Waals surface area (Å²) in [5.41, 5.74) is 5.21. The molecule has 0 aliphatic heterocycles. The van der Waals surface area contributed by atoms with Crippen LogP contribution in [0.2, 0.25) is 0 Å². The Hall–Kier alpha value is 0.500. The van der Waals surface area contributed by atoms with Crippen molar-refractivity contribution < 1.29 is 0 Å². The Labute approximate surface area is 59.8 Å². The minimum absolute atomic E-state index is 0.695. The Morgan fingerprint density at radius 2 is 1.88 bits per heavy atom. The van der Waals surface area contributed by atoms with Crippen molar-refractivity contribution >= 4 is 23.6 Å². The van der Waals surface area contributed by atoms with Crippen LogP contribution in [0.15, 0.2) is 0 Å². The zero-order valence-corrected chi connectivity index (χ0v) is 6.12. The topological polar surface area (TPSA) is 29.3 Å². The third kappa shape index (κ3) is 6.50. The van der Waals surface area contributed by atoms with Gasteiger partial charge in [-0.2, -0.15) is 0 Å². The molecule has 0 heterocycles.